The fraction of sp³-hybridized carbons (Fsp3) is 0.375. The van der Waals surface area contributed by atoms with Gasteiger partial charge in [0, 0.05) is 18.2 Å². The molecule has 1 N–H and O–H groups in total. The average molecular weight is 272 g/mol. The topological polar surface area (TPSA) is 55.1 Å². The van der Waals surface area contributed by atoms with E-state index in [0.717, 1.165) is 5.82 Å². The Bertz CT molecular complexity index is 595. The third-order valence-corrected chi connectivity index (χ3v) is 3.03. The minimum absolute atomic E-state index is 0.0368. The molecule has 0 saturated heterocycles. The van der Waals surface area contributed by atoms with Crippen molar-refractivity contribution in [2.45, 2.75) is 39.2 Å². The molecule has 1 aromatic heterocycles. The van der Waals surface area contributed by atoms with Gasteiger partial charge in [-0.3, -0.25) is 4.79 Å². The Hall–Kier alpha value is -2.10. The lowest BCUT2D eigenvalue weighted by Gasteiger charge is -2.19. The van der Waals surface area contributed by atoms with Gasteiger partial charge < -0.3 is 9.67 Å². The van der Waals surface area contributed by atoms with E-state index < -0.39 is 5.97 Å². The first-order valence-electron chi connectivity index (χ1n) is 6.68. The highest BCUT2D eigenvalue weighted by Crippen LogP contribution is 2.23. The summed E-state index contributed by atoms with van der Waals surface area (Å²) in [6.07, 6.45) is 1.81. The Morgan fingerprint density at radius 2 is 1.90 bits per heavy atom. The minimum Gasteiger partial charge on any atom is -0.481 e. The van der Waals surface area contributed by atoms with Crippen LogP contribution in [0.25, 0.3) is 0 Å². The molecule has 2 rings (SSSR count). The smallest absolute Gasteiger partial charge is 0.309 e. The summed E-state index contributed by atoms with van der Waals surface area (Å²) in [5.41, 5.74) is 1.67. The van der Waals surface area contributed by atoms with E-state index in [2.05, 4.69) is 37.9 Å². The van der Waals surface area contributed by atoms with Crippen LogP contribution >= 0.6 is 0 Å². The molecule has 0 amide bonds. The number of imidazole rings is 1. The lowest BCUT2D eigenvalue weighted by atomic mass is 9.95. The third kappa shape index (κ3) is 3.47. The summed E-state index contributed by atoms with van der Waals surface area (Å²) < 4.78 is 2.05. The monoisotopic (exact) mass is 272 g/mol. The van der Waals surface area contributed by atoms with Crippen LogP contribution in [-0.2, 0) is 23.2 Å². The molecule has 0 unspecified atom stereocenters. The molecule has 0 fully saturated rings. The zero-order chi connectivity index (χ0) is 14.8. The highest BCUT2D eigenvalue weighted by Gasteiger charge is 2.22. The van der Waals surface area contributed by atoms with Crippen molar-refractivity contribution in [3.05, 3.63) is 53.6 Å². The van der Waals surface area contributed by atoms with E-state index in [0.29, 0.717) is 12.2 Å². The normalized spacial score (nSPS) is 11.6. The molecule has 0 saturated carbocycles. The van der Waals surface area contributed by atoms with Crippen LogP contribution in [0.1, 0.15) is 37.9 Å². The summed E-state index contributed by atoms with van der Waals surface area (Å²) in [6.45, 7) is 6.96. The van der Waals surface area contributed by atoms with Crippen molar-refractivity contribution < 1.29 is 9.90 Å². The number of hydrogen-bond acceptors (Lipinski definition) is 2. The number of nitrogens with zero attached hydrogens (tertiary/aromatic N) is 2. The molecule has 0 spiro atoms. The first-order valence-corrected chi connectivity index (χ1v) is 6.68. The van der Waals surface area contributed by atoms with E-state index in [4.69, 9.17) is 5.11 Å². The number of rotatable bonds is 4. The second-order valence-corrected chi connectivity index (χ2v) is 5.99. The van der Waals surface area contributed by atoms with Gasteiger partial charge in [-0.05, 0) is 5.56 Å². The highest BCUT2D eigenvalue weighted by atomic mass is 16.4. The maximum atomic E-state index is 10.8. The Morgan fingerprint density at radius 3 is 2.45 bits per heavy atom. The van der Waals surface area contributed by atoms with Gasteiger partial charge in [0.1, 0.15) is 5.82 Å². The number of carboxylic acid groups (broad SMARTS) is 1. The van der Waals surface area contributed by atoms with E-state index in [1.165, 1.54) is 5.56 Å². The predicted octanol–water partition coefficient (Wildman–Crippen LogP) is 2.86. The molecule has 0 radical (unpaired) electrons. The van der Waals surface area contributed by atoms with Gasteiger partial charge in [0.2, 0.25) is 0 Å². The molecule has 1 aromatic carbocycles. The van der Waals surface area contributed by atoms with Crippen molar-refractivity contribution in [3.8, 4) is 0 Å². The molecule has 20 heavy (non-hydrogen) atoms. The van der Waals surface area contributed by atoms with Crippen molar-refractivity contribution in [1.82, 2.24) is 9.55 Å². The molecular formula is C16H20N2O2. The van der Waals surface area contributed by atoms with Gasteiger partial charge in [-0.1, -0.05) is 51.1 Å². The summed E-state index contributed by atoms with van der Waals surface area (Å²) in [6, 6.07) is 10.1. The summed E-state index contributed by atoms with van der Waals surface area (Å²) in [5.74, 6) is 0.0624. The Kier molecular flexibility index (Phi) is 3.93. The van der Waals surface area contributed by atoms with Crippen LogP contribution in [0.3, 0.4) is 0 Å². The quantitative estimate of drug-likeness (QED) is 0.931. The summed E-state index contributed by atoms with van der Waals surface area (Å²) in [7, 11) is 0. The van der Waals surface area contributed by atoms with Crippen LogP contribution in [-0.4, -0.2) is 20.6 Å². The molecule has 0 aliphatic rings. The van der Waals surface area contributed by atoms with Gasteiger partial charge in [0.15, 0.2) is 0 Å². The SMILES string of the molecule is CC(C)(C)c1nc(CC(=O)O)cn1Cc1ccccc1. The van der Waals surface area contributed by atoms with Gasteiger partial charge in [0.05, 0.1) is 12.1 Å². The van der Waals surface area contributed by atoms with E-state index in [1.807, 2.05) is 29.0 Å². The molecule has 0 aliphatic heterocycles. The van der Waals surface area contributed by atoms with Gasteiger partial charge in [-0.15, -0.1) is 0 Å². The Labute approximate surface area is 119 Å². The molecule has 4 heteroatoms. The number of aromatic nitrogens is 2. The highest BCUT2D eigenvalue weighted by molar-refractivity contribution is 5.69. The second kappa shape index (κ2) is 5.49. The van der Waals surface area contributed by atoms with Crippen molar-refractivity contribution >= 4 is 5.97 Å². The number of carbonyl (C=O) groups is 1. The van der Waals surface area contributed by atoms with Crippen molar-refractivity contribution in [2.24, 2.45) is 0 Å². The van der Waals surface area contributed by atoms with E-state index in [9.17, 15) is 4.79 Å². The fourth-order valence-corrected chi connectivity index (χ4v) is 2.21. The number of benzene rings is 1. The Morgan fingerprint density at radius 1 is 1.25 bits per heavy atom. The average Bonchev–Trinajstić information content (AvgIpc) is 2.72. The molecule has 4 nitrogen and oxygen atoms in total. The van der Waals surface area contributed by atoms with Crippen molar-refractivity contribution in [2.75, 3.05) is 0 Å². The molecule has 1 heterocycles. The molecule has 0 bridgehead atoms. The molecule has 0 aliphatic carbocycles. The number of carboxylic acids is 1. The summed E-state index contributed by atoms with van der Waals surface area (Å²) in [4.78, 5) is 15.3. The molecule has 2 aromatic rings. The maximum absolute atomic E-state index is 10.8. The lowest BCUT2D eigenvalue weighted by Crippen LogP contribution is -2.19. The predicted molar refractivity (Wildman–Crippen MR) is 77.8 cm³/mol. The van der Waals surface area contributed by atoms with Gasteiger partial charge >= 0.3 is 5.97 Å². The fourth-order valence-electron chi connectivity index (χ4n) is 2.21. The van der Waals surface area contributed by atoms with Crippen LogP contribution in [0.5, 0.6) is 0 Å². The largest absolute Gasteiger partial charge is 0.481 e. The number of hydrogen-bond donors (Lipinski definition) is 1. The van der Waals surface area contributed by atoms with Gasteiger partial charge in [0.25, 0.3) is 0 Å². The maximum Gasteiger partial charge on any atom is 0.309 e. The van der Waals surface area contributed by atoms with Crippen LogP contribution in [0.4, 0.5) is 0 Å². The van der Waals surface area contributed by atoms with Crippen molar-refractivity contribution in [1.29, 1.82) is 0 Å². The zero-order valence-electron chi connectivity index (χ0n) is 12.1. The van der Waals surface area contributed by atoms with E-state index in [-0.39, 0.29) is 11.8 Å². The van der Waals surface area contributed by atoms with Gasteiger partial charge in [-0.2, -0.15) is 0 Å². The van der Waals surface area contributed by atoms with E-state index in [1.54, 1.807) is 0 Å². The van der Waals surface area contributed by atoms with Crippen LogP contribution in [0.2, 0.25) is 0 Å². The van der Waals surface area contributed by atoms with Gasteiger partial charge in [-0.25, -0.2) is 4.98 Å². The van der Waals surface area contributed by atoms with Crippen LogP contribution in [0, 0.1) is 0 Å². The third-order valence-electron chi connectivity index (χ3n) is 3.03. The van der Waals surface area contributed by atoms with Crippen LogP contribution in [0.15, 0.2) is 36.5 Å². The molecule has 106 valence electrons. The number of aliphatic carboxylic acids is 1. The van der Waals surface area contributed by atoms with E-state index >= 15 is 0 Å². The standard InChI is InChI=1S/C16H20N2O2/c1-16(2,3)15-17-13(9-14(19)20)11-18(15)10-12-7-5-4-6-8-12/h4-8,11H,9-10H2,1-3H3,(H,19,20). The first-order chi connectivity index (χ1) is 9.36. The molecule has 0 atom stereocenters. The van der Waals surface area contributed by atoms with Crippen molar-refractivity contribution in [3.63, 3.8) is 0 Å². The Balaban J connectivity index is 2.35. The first kappa shape index (κ1) is 14.3. The summed E-state index contributed by atoms with van der Waals surface area (Å²) >= 11 is 0. The lowest BCUT2D eigenvalue weighted by molar-refractivity contribution is -0.136. The minimum atomic E-state index is -0.852. The summed E-state index contributed by atoms with van der Waals surface area (Å²) in [5, 5.41) is 8.91. The second-order valence-electron chi connectivity index (χ2n) is 5.99. The zero-order valence-corrected chi connectivity index (χ0v) is 12.1. The van der Waals surface area contributed by atoms with Crippen LogP contribution < -0.4 is 0 Å². The molecular weight excluding hydrogens is 252 g/mol.